The van der Waals surface area contributed by atoms with Crippen LogP contribution in [-0.4, -0.2) is 20.2 Å². The Bertz CT molecular complexity index is 363. The van der Waals surface area contributed by atoms with Crippen molar-refractivity contribution in [1.82, 2.24) is 0 Å². The van der Waals surface area contributed by atoms with Gasteiger partial charge in [-0.3, -0.25) is 0 Å². The third-order valence-electron chi connectivity index (χ3n) is 1.63. The van der Waals surface area contributed by atoms with Gasteiger partial charge >= 0.3 is 5.97 Å². The number of ether oxygens (including phenoxy) is 2. The minimum atomic E-state index is -0.552. The molecule has 0 atom stereocenters. The van der Waals surface area contributed by atoms with E-state index in [1.807, 2.05) is 0 Å². The van der Waals surface area contributed by atoms with Crippen molar-refractivity contribution in [3.05, 3.63) is 27.7 Å². The maximum absolute atomic E-state index is 11.3. The van der Waals surface area contributed by atoms with Crippen LogP contribution in [0, 0.1) is 0 Å². The summed E-state index contributed by atoms with van der Waals surface area (Å²) in [5.41, 5.74) is 0.182. The van der Waals surface area contributed by atoms with Gasteiger partial charge in [-0.1, -0.05) is 23.2 Å². The fraction of sp³-hybridized carbons (Fsp3) is 0.222. The molecule has 14 heavy (non-hydrogen) atoms. The second kappa shape index (κ2) is 4.53. The summed E-state index contributed by atoms with van der Waals surface area (Å²) >= 11 is 11.6. The van der Waals surface area contributed by atoms with Crippen molar-refractivity contribution in [2.24, 2.45) is 0 Å². The Hall–Kier alpha value is -0.930. The van der Waals surface area contributed by atoms with Crippen LogP contribution in [0.3, 0.4) is 0 Å². The summed E-state index contributed by atoms with van der Waals surface area (Å²) in [5, 5.41) is 0.612. The Labute approximate surface area is 91.5 Å². The number of rotatable bonds is 2. The molecule has 1 aromatic carbocycles. The van der Waals surface area contributed by atoms with Crippen LogP contribution in [0.25, 0.3) is 0 Å². The van der Waals surface area contributed by atoms with Gasteiger partial charge in [0.2, 0.25) is 0 Å². The average Bonchev–Trinajstić information content (AvgIpc) is 2.15. The van der Waals surface area contributed by atoms with Crippen LogP contribution in [0.4, 0.5) is 0 Å². The van der Waals surface area contributed by atoms with Gasteiger partial charge < -0.3 is 9.47 Å². The van der Waals surface area contributed by atoms with E-state index < -0.39 is 5.97 Å². The lowest BCUT2D eigenvalue weighted by Crippen LogP contribution is -2.05. The van der Waals surface area contributed by atoms with Crippen molar-refractivity contribution in [2.45, 2.75) is 0 Å². The molecule has 1 rings (SSSR count). The highest BCUT2D eigenvalue weighted by molar-refractivity contribution is 6.37. The molecule has 0 saturated carbocycles. The van der Waals surface area contributed by atoms with E-state index in [-0.39, 0.29) is 10.6 Å². The Balaban J connectivity index is 3.32. The molecule has 0 saturated heterocycles. The van der Waals surface area contributed by atoms with Gasteiger partial charge in [-0.15, -0.1) is 0 Å². The molecule has 0 aliphatic heterocycles. The molecule has 5 heteroatoms. The second-order valence-electron chi connectivity index (χ2n) is 2.46. The number of hydrogen-bond donors (Lipinski definition) is 0. The van der Waals surface area contributed by atoms with E-state index >= 15 is 0 Å². The first-order valence-corrected chi connectivity index (χ1v) is 4.47. The fourth-order valence-corrected chi connectivity index (χ4v) is 1.56. The second-order valence-corrected chi connectivity index (χ2v) is 3.30. The van der Waals surface area contributed by atoms with Crippen LogP contribution < -0.4 is 4.74 Å². The fourth-order valence-electron chi connectivity index (χ4n) is 1.01. The molecule has 0 amide bonds. The first-order chi connectivity index (χ1) is 6.60. The molecule has 0 radical (unpaired) electrons. The van der Waals surface area contributed by atoms with Crippen LogP contribution in [-0.2, 0) is 4.74 Å². The Morgan fingerprint density at radius 3 is 2.43 bits per heavy atom. The molecule has 0 fully saturated rings. The minimum Gasteiger partial charge on any atom is -0.496 e. The highest BCUT2D eigenvalue weighted by Crippen LogP contribution is 2.31. The summed E-state index contributed by atoms with van der Waals surface area (Å²) in [7, 11) is 2.70. The Morgan fingerprint density at radius 1 is 1.29 bits per heavy atom. The van der Waals surface area contributed by atoms with Crippen molar-refractivity contribution in [1.29, 1.82) is 0 Å². The number of esters is 1. The third-order valence-corrected chi connectivity index (χ3v) is 2.14. The SMILES string of the molecule is COC(=O)c1c(Cl)cc(Cl)cc1OC. The first kappa shape index (κ1) is 11.1. The van der Waals surface area contributed by atoms with Crippen molar-refractivity contribution < 1.29 is 14.3 Å². The van der Waals surface area contributed by atoms with Crippen LogP contribution in [0.5, 0.6) is 5.75 Å². The highest BCUT2D eigenvalue weighted by Gasteiger charge is 2.17. The Morgan fingerprint density at radius 2 is 1.93 bits per heavy atom. The van der Waals surface area contributed by atoms with Crippen LogP contribution in [0.1, 0.15) is 10.4 Å². The van der Waals surface area contributed by atoms with Crippen molar-refractivity contribution in [3.8, 4) is 5.75 Å². The molecular formula is C9H8Cl2O3. The first-order valence-electron chi connectivity index (χ1n) is 3.71. The quantitative estimate of drug-likeness (QED) is 0.739. The molecule has 0 N–H and O–H groups in total. The smallest absolute Gasteiger partial charge is 0.343 e. The summed E-state index contributed by atoms with van der Waals surface area (Å²) in [6, 6.07) is 2.96. The molecule has 0 unspecified atom stereocenters. The average molecular weight is 235 g/mol. The van der Waals surface area contributed by atoms with Crippen LogP contribution in [0.15, 0.2) is 12.1 Å². The third kappa shape index (κ3) is 2.11. The van der Waals surface area contributed by atoms with E-state index in [1.165, 1.54) is 26.4 Å². The van der Waals surface area contributed by atoms with Crippen LogP contribution in [0.2, 0.25) is 10.0 Å². The molecule has 0 aromatic heterocycles. The zero-order valence-corrected chi connectivity index (χ0v) is 9.15. The maximum Gasteiger partial charge on any atom is 0.343 e. The monoisotopic (exact) mass is 234 g/mol. The van der Waals surface area contributed by atoms with Crippen LogP contribution >= 0.6 is 23.2 Å². The van der Waals surface area contributed by atoms with Gasteiger partial charge in [0, 0.05) is 5.02 Å². The highest BCUT2D eigenvalue weighted by atomic mass is 35.5. The van der Waals surface area contributed by atoms with Gasteiger partial charge in [-0.2, -0.15) is 0 Å². The lowest BCUT2D eigenvalue weighted by atomic mass is 10.2. The van der Waals surface area contributed by atoms with Crippen molar-refractivity contribution >= 4 is 29.2 Å². The van der Waals surface area contributed by atoms with Gasteiger partial charge in [0.1, 0.15) is 11.3 Å². The summed E-state index contributed by atoms with van der Waals surface area (Å²) in [5.74, 6) is -0.252. The number of carbonyl (C=O) groups excluding carboxylic acids is 1. The summed E-state index contributed by atoms with van der Waals surface area (Å²) in [6.07, 6.45) is 0. The minimum absolute atomic E-state index is 0.182. The van der Waals surface area contributed by atoms with E-state index in [4.69, 9.17) is 27.9 Å². The summed E-state index contributed by atoms with van der Waals surface area (Å²) in [6.45, 7) is 0. The zero-order chi connectivity index (χ0) is 10.7. The number of carbonyl (C=O) groups is 1. The molecule has 0 heterocycles. The van der Waals surface area contributed by atoms with Gasteiger partial charge in [-0.25, -0.2) is 4.79 Å². The molecule has 0 aliphatic rings. The van der Waals surface area contributed by atoms with Crippen molar-refractivity contribution in [2.75, 3.05) is 14.2 Å². The van der Waals surface area contributed by atoms with Gasteiger partial charge in [0.25, 0.3) is 0 Å². The van der Waals surface area contributed by atoms with E-state index in [1.54, 1.807) is 0 Å². The van der Waals surface area contributed by atoms with Gasteiger partial charge in [0.15, 0.2) is 0 Å². The molecular weight excluding hydrogens is 227 g/mol. The lowest BCUT2D eigenvalue weighted by Gasteiger charge is -2.08. The molecule has 0 bridgehead atoms. The molecule has 1 aromatic rings. The van der Waals surface area contributed by atoms with E-state index in [0.29, 0.717) is 10.8 Å². The molecule has 76 valence electrons. The predicted molar refractivity (Wildman–Crippen MR) is 54.4 cm³/mol. The molecule has 3 nitrogen and oxygen atoms in total. The van der Waals surface area contributed by atoms with Gasteiger partial charge in [-0.05, 0) is 12.1 Å². The van der Waals surface area contributed by atoms with E-state index in [9.17, 15) is 4.79 Å². The largest absolute Gasteiger partial charge is 0.496 e. The van der Waals surface area contributed by atoms with E-state index in [2.05, 4.69) is 4.74 Å². The summed E-state index contributed by atoms with van der Waals surface area (Å²) in [4.78, 5) is 11.3. The number of benzene rings is 1. The lowest BCUT2D eigenvalue weighted by molar-refractivity contribution is 0.0597. The maximum atomic E-state index is 11.3. The molecule has 0 spiro atoms. The number of hydrogen-bond acceptors (Lipinski definition) is 3. The Kier molecular flexibility index (Phi) is 3.61. The number of halogens is 2. The topological polar surface area (TPSA) is 35.5 Å². The zero-order valence-electron chi connectivity index (χ0n) is 7.64. The van der Waals surface area contributed by atoms with Gasteiger partial charge in [0.05, 0.1) is 19.2 Å². The van der Waals surface area contributed by atoms with Crippen molar-refractivity contribution in [3.63, 3.8) is 0 Å². The van der Waals surface area contributed by atoms with E-state index in [0.717, 1.165) is 0 Å². The summed E-state index contributed by atoms with van der Waals surface area (Å²) < 4.78 is 9.51. The molecule has 0 aliphatic carbocycles. The number of methoxy groups -OCH3 is 2. The predicted octanol–water partition coefficient (Wildman–Crippen LogP) is 2.79. The standard InChI is InChI=1S/C9H8Cl2O3/c1-13-7-4-5(10)3-6(11)8(7)9(12)14-2/h3-4H,1-2H3. The normalized spacial score (nSPS) is 9.71.